The van der Waals surface area contributed by atoms with Crippen LogP contribution < -0.4 is 11.1 Å². The van der Waals surface area contributed by atoms with Crippen LogP contribution in [0.2, 0.25) is 0 Å². The molecule has 0 atom stereocenters. The third kappa shape index (κ3) is 3.72. The third-order valence-corrected chi connectivity index (χ3v) is 5.18. The van der Waals surface area contributed by atoms with E-state index in [1.807, 2.05) is 23.9 Å². The topological polar surface area (TPSA) is 68.3 Å². The lowest BCUT2D eigenvalue weighted by Gasteiger charge is -2.09. The highest BCUT2D eigenvalue weighted by Gasteiger charge is 2.16. The van der Waals surface area contributed by atoms with Gasteiger partial charge in [0.2, 0.25) is 0 Å². The van der Waals surface area contributed by atoms with Gasteiger partial charge in [0.15, 0.2) is 0 Å². The first-order valence-electron chi connectivity index (χ1n) is 7.60. The largest absolute Gasteiger partial charge is 0.467 e. The van der Waals surface area contributed by atoms with Crippen LogP contribution in [0.1, 0.15) is 41.8 Å². The van der Waals surface area contributed by atoms with Crippen molar-refractivity contribution in [2.75, 3.05) is 5.32 Å². The van der Waals surface area contributed by atoms with Gasteiger partial charge >= 0.3 is 0 Å². The van der Waals surface area contributed by atoms with E-state index in [1.54, 1.807) is 6.07 Å². The number of anilines is 1. The summed E-state index contributed by atoms with van der Waals surface area (Å²) >= 11 is 1.94. The molecule has 22 heavy (non-hydrogen) atoms. The minimum Gasteiger partial charge on any atom is -0.467 e. The molecule has 1 aromatic carbocycles. The molecular formula is C17H20N2O2S. The maximum absolute atomic E-state index is 12.1. The lowest BCUT2D eigenvalue weighted by atomic mass is 10.2. The smallest absolute Gasteiger partial charge is 0.258 e. The summed E-state index contributed by atoms with van der Waals surface area (Å²) in [6.07, 6.45) is 6.75. The Hall–Kier alpha value is -1.72. The Kier molecular flexibility index (Phi) is 4.85. The second-order valence-corrected chi connectivity index (χ2v) is 6.88. The van der Waals surface area contributed by atoms with Gasteiger partial charge in [-0.1, -0.05) is 12.8 Å². The van der Waals surface area contributed by atoms with Crippen LogP contribution in [0.25, 0.3) is 0 Å². The van der Waals surface area contributed by atoms with Crippen LogP contribution in [-0.4, -0.2) is 11.2 Å². The molecule has 2 aromatic rings. The van der Waals surface area contributed by atoms with Crippen LogP contribution in [0.4, 0.5) is 5.69 Å². The van der Waals surface area contributed by atoms with Crippen molar-refractivity contribution in [3.63, 3.8) is 0 Å². The molecule has 1 amide bonds. The van der Waals surface area contributed by atoms with Crippen LogP contribution in [-0.2, 0) is 6.54 Å². The first kappa shape index (κ1) is 15.2. The zero-order valence-electron chi connectivity index (χ0n) is 12.4. The van der Waals surface area contributed by atoms with Gasteiger partial charge in [0, 0.05) is 15.8 Å². The summed E-state index contributed by atoms with van der Waals surface area (Å²) in [5, 5.41) is 3.62. The van der Waals surface area contributed by atoms with Gasteiger partial charge in [0.1, 0.15) is 12.0 Å². The van der Waals surface area contributed by atoms with E-state index in [9.17, 15) is 4.79 Å². The van der Waals surface area contributed by atoms with Crippen LogP contribution >= 0.6 is 11.8 Å². The number of nitrogens with one attached hydrogen (secondary N) is 1. The quantitative estimate of drug-likeness (QED) is 0.874. The summed E-state index contributed by atoms with van der Waals surface area (Å²) in [5.41, 5.74) is 6.75. The number of nitrogens with two attached hydrogens (primary N) is 1. The SMILES string of the molecule is NCc1cc(C(=O)Nc2ccc(SC3CCCC3)cc2)co1. The van der Waals surface area contributed by atoms with Crippen LogP contribution in [0.15, 0.2) is 45.9 Å². The Balaban J connectivity index is 1.59. The Morgan fingerprint density at radius 2 is 2.00 bits per heavy atom. The highest BCUT2D eigenvalue weighted by molar-refractivity contribution is 8.00. The van der Waals surface area contributed by atoms with Crippen LogP contribution in [0, 0.1) is 0 Å². The lowest BCUT2D eigenvalue weighted by molar-refractivity contribution is 0.102. The fraction of sp³-hybridized carbons (Fsp3) is 0.353. The Bertz CT molecular complexity index is 630. The molecule has 0 unspecified atom stereocenters. The average Bonchev–Trinajstić information content (AvgIpc) is 3.20. The molecule has 116 valence electrons. The summed E-state index contributed by atoms with van der Waals surface area (Å²) < 4.78 is 5.18. The van der Waals surface area contributed by atoms with Gasteiger partial charge in [-0.25, -0.2) is 0 Å². The normalized spacial score (nSPS) is 15.1. The molecule has 5 heteroatoms. The molecule has 3 N–H and O–H groups in total. The Labute approximate surface area is 134 Å². The van der Waals surface area contributed by atoms with E-state index in [2.05, 4.69) is 17.4 Å². The minimum atomic E-state index is -0.181. The first-order valence-corrected chi connectivity index (χ1v) is 8.48. The molecule has 0 bridgehead atoms. The molecule has 1 aliphatic rings. The van der Waals surface area contributed by atoms with E-state index in [-0.39, 0.29) is 5.91 Å². The standard InChI is InChI=1S/C17H20N2O2S/c18-10-14-9-12(11-21-14)17(20)19-13-5-7-16(8-6-13)22-15-3-1-2-4-15/h5-9,11,15H,1-4,10,18H2,(H,19,20). The van der Waals surface area contributed by atoms with Crippen molar-refractivity contribution in [1.82, 2.24) is 0 Å². The average molecular weight is 316 g/mol. The molecule has 1 aliphatic carbocycles. The van der Waals surface area contributed by atoms with Gasteiger partial charge in [-0.3, -0.25) is 4.79 Å². The maximum atomic E-state index is 12.1. The van der Waals surface area contributed by atoms with Gasteiger partial charge in [0.25, 0.3) is 5.91 Å². The zero-order chi connectivity index (χ0) is 15.4. The fourth-order valence-electron chi connectivity index (χ4n) is 2.63. The predicted molar refractivity (Wildman–Crippen MR) is 89.1 cm³/mol. The summed E-state index contributed by atoms with van der Waals surface area (Å²) in [4.78, 5) is 13.4. The Morgan fingerprint density at radius 1 is 1.27 bits per heavy atom. The number of benzene rings is 1. The lowest BCUT2D eigenvalue weighted by Crippen LogP contribution is -2.10. The second kappa shape index (κ2) is 7.03. The molecule has 0 saturated heterocycles. The van der Waals surface area contributed by atoms with Crippen molar-refractivity contribution in [2.45, 2.75) is 42.4 Å². The van der Waals surface area contributed by atoms with Gasteiger partial charge in [0.05, 0.1) is 12.1 Å². The van der Waals surface area contributed by atoms with E-state index < -0.39 is 0 Å². The van der Waals surface area contributed by atoms with Crippen molar-refractivity contribution in [3.8, 4) is 0 Å². The van der Waals surface area contributed by atoms with Gasteiger partial charge in [-0.15, -0.1) is 11.8 Å². The van der Waals surface area contributed by atoms with Crippen molar-refractivity contribution < 1.29 is 9.21 Å². The summed E-state index contributed by atoms with van der Waals surface area (Å²) in [6, 6.07) is 9.69. The molecule has 0 spiro atoms. The second-order valence-electron chi connectivity index (χ2n) is 5.51. The van der Waals surface area contributed by atoms with Crippen LogP contribution in [0.3, 0.4) is 0 Å². The highest BCUT2D eigenvalue weighted by Crippen LogP contribution is 2.34. The molecule has 1 aromatic heterocycles. The van der Waals surface area contributed by atoms with E-state index in [0.717, 1.165) is 10.9 Å². The van der Waals surface area contributed by atoms with Crippen molar-refractivity contribution in [3.05, 3.63) is 47.9 Å². The molecule has 0 aliphatic heterocycles. The number of furan rings is 1. The summed E-state index contributed by atoms with van der Waals surface area (Å²) in [7, 11) is 0. The Morgan fingerprint density at radius 3 is 2.64 bits per heavy atom. The number of thioether (sulfide) groups is 1. The number of amides is 1. The molecule has 1 fully saturated rings. The number of hydrogen-bond donors (Lipinski definition) is 2. The van der Waals surface area contributed by atoms with Crippen molar-refractivity contribution in [1.29, 1.82) is 0 Å². The fourth-order valence-corrected chi connectivity index (χ4v) is 3.87. The highest BCUT2D eigenvalue weighted by atomic mass is 32.2. The molecule has 1 saturated carbocycles. The first-order chi connectivity index (χ1) is 10.7. The number of rotatable bonds is 5. The molecular weight excluding hydrogens is 296 g/mol. The molecule has 0 radical (unpaired) electrons. The van der Waals surface area contributed by atoms with Gasteiger partial charge < -0.3 is 15.5 Å². The summed E-state index contributed by atoms with van der Waals surface area (Å²) in [6.45, 7) is 0.292. The molecule has 4 nitrogen and oxygen atoms in total. The monoisotopic (exact) mass is 316 g/mol. The molecule has 1 heterocycles. The number of hydrogen-bond acceptors (Lipinski definition) is 4. The third-order valence-electron chi connectivity index (χ3n) is 3.83. The number of carbonyl (C=O) groups excluding carboxylic acids is 1. The molecule has 3 rings (SSSR count). The minimum absolute atomic E-state index is 0.181. The maximum Gasteiger partial charge on any atom is 0.258 e. The van der Waals surface area contributed by atoms with Gasteiger partial charge in [-0.05, 0) is 43.2 Å². The van der Waals surface area contributed by atoms with Crippen molar-refractivity contribution in [2.24, 2.45) is 5.73 Å². The van der Waals surface area contributed by atoms with E-state index in [1.165, 1.54) is 36.8 Å². The van der Waals surface area contributed by atoms with E-state index in [4.69, 9.17) is 10.2 Å². The summed E-state index contributed by atoms with van der Waals surface area (Å²) in [5.74, 6) is 0.424. The van der Waals surface area contributed by atoms with E-state index in [0.29, 0.717) is 17.9 Å². The van der Waals surface area contributed by atoms with E-state index >= 15 is 0 Å². The number of carbonyl (C=O) groups is 1. The zero-order valence-corrected chi connectivity index (χ0v) is 13.2. The van der Waals surface area contributed by atoms with Gasteiger partial charge in [-0.2, -0.15) is 0 Å². The predicted octanol–water partition coefficient (Wildman–Crippen LogP) is 4.03. The van der Waals surface area contributed by atoms with Crippen molar-refractivity contribution >= 4 is 23.4 Å². The van der Waals surface area contributed by atoms with Crippen LogP contribution in [0.5, 0.6) is 0 Å².